The molecule has 2 aromatic carbocycles. The Morgan fingerprint density at radius 2 is 1.86 bits per heavy atom. The van der Waals surface area contributed by atoms with Gasteiger partial charge in [0.15, 0.2) is 11.5 Å². The molecule has 1 amide bonds. The van der Waals surface area contributed by atoms with E-state index < -0.39 is 0 Å². The summed E-state index contributed by atoms with van der Waals surface area (Å²) in [5.74, 6) is 0.619. The summed E-state index contributed by atoms with van der Waals surface area (Å²) in [6.07, 6.45) is 4.58. The molecule has 0 aliphatic carbocycles. The van der Waals surface area contributed by atoms with Crippen molar-refractivity contribution in [2.45, 2.75) is 51.4 Å². The highest BCUT2D eigenvalue weighted by Gasteiger charge is 2.46. The maximum Gasteiger partial charge on any atom is 0.251 e. The van der Waals surface area contributed by atoms with Gasteiger partial charge in [-0.1, -0.05) is 6.07 Å². The van der Waals surface area contributed by atoms with Crippen LogP contribution < -0.4 is 15.5 Å². The molecule has 9 nitrogen and oxygen atoms in total. The van der Waals surface area contributed by atoms with Crippen molar-refractivity contribution in [1.82, 2.24) is 29.8 Å². The minimum absolute atomic E-state index is 0.0275. The van der Waals surface area contributed by atoms with Crippen LogP contribution in [0.15, 0.2) is 55.0 Å². The molecule has 2 atom stereocenters. The van der Waals surface area contributed by atoms with Gasteiger partial charge in [0.1, 0.15) is 6.33 Å². The number of nitrogens with zero attached hydrogens (tertiary/aromatic N) is 6. The van der Waals surface area contributed by atoms with Crippen molar-refractivity contribution in [3.05, 3.63) is 66.1 Å². The molecular formula is C28H30N8O. The Bertz CT molecular complexity index is 1520. The Morgan fingerprint density at radius 3 is 2.62 bits per heavy atom. The van der Waals surface area contributed by atoms with Crippen molar-refractivity contribution >= 4 is 28.7 Å². The lowest BCUT2D eigenvalue weighted by Crippen LogP contribution is -2.53. The summed E-state index contributed by atoms with van der Waals surface area (Å²) in [7, 11) is 0. The van der Waals surface area contributed by atoms with Crippen LogP contribution in [0.3, 0.4) is 0 Å². The van der Waals surface area contributed by atoms with E-state index in [2.05, 4.69) is 80.5 Å². The van der Waals surface area contributed by atoms with Gasteiger partial charge in [-0.15, -0.1) is 0 Å². The van der Waals surface area contributed by atoms with Gasteiger partial charge in [0.05, 0.1) is 11.9 Å². The number of aromatic nitrogens is 4. The molecule has 0 spiro atoms. The molecule has 2 aromatic heterocycles. The molecule has 37 heavy (non-hydrogen) atoms. The Kier molecular flexibility index (Phi) is 4.81. The molecule has 3 aliphatic rings. The van der Waals surface area contributed by atoms with E-state index in [1.165, 1.54) is 18.4 Å². The first-order valence-corrected chi connectivity index (χ1v) is 12.9. The third kappa shape index (κ3) is 3.64. The highest BCUT2D eigenvalue weighted by Crippen LogP contribution is 2.38. The summed E-state index contributed by atoms with van der Waals surface area (Å²) in [5.41, 5.74) is 6.57. The second-order valence-corrected chi connectivity index (χ2v) is 11.2. The Labute approximate surface area is 215 Å². The van der Waals surface area contributed by atoms with Crippen LogP contribution in [0.25, 0.3) is 16.9 Å². The third-order valence-corrected chi connectivity index (χ3v) is 7.95. The fourth-order valence-electron chi connectivity index (χ4n) is 6.17. The quantitative estimate of drug-likeness (QED) is 0.446. The zero-order valence-electron chi connectivity index (χ0n) is 21.3. The molecule has 2 N–H and O–H groups in total. The number of fused-ring (bicyclic) bond motifs is 4. The molecule has 2 bridgehead atoms. The van der Waals surface area contributed by atoms with Crippen LogP contribution in [0.4, 0.5) is 17.2 Å². The van der Waals surface area contributed by atoms with Gasteiger partial charge in [-0.3, -0.25) is 9.69 Å². The molecule has 7 rings (SSSR count). The molecular weight excluding hydrogens is 464 g/mol. The Morgan fingerprint density at radius 1 is 1.03 bits per heavy atom. The van der Waals surface area contributed by atoms with Gasteiger partial charge in [-0.2, -0.15) is 5.10 Å². The first-order valence-electron chi connectivity index (χ1n) is 12.9. The van der Waals surface area contributed by atoms with Crippen molar-refractivity contribution < 1.29 is 4.79 Å². The van der Waals surface area contributed by atoms with E-state index in [0.29, 0.717) is 30.1 Å². The van der Waals surface area contributed by atoms with Crippen molar-refractivity contribution in [1.29, 1.82) is 0 Å². The average Bonchev–Trinajstić information content (AvgIpc) is 3.68. The average molecular weight is 495 g/mol. The topological polar surface area (TPSA) is 90.7 Å². The van der Waals surface area contributed by atoms with Crippen molar-refractivity contribution in [3.63, 3.8) is 0 Å². The largest absolute Gasteiger partial charge is 0.366 e. The van der Waals surface area contributed by atoms with Crippen LogP contribution in [-0.2, 0) is 6.54 Å². The van der Waals surface area contributed by atoms with E-state index in [1.54, 1.807) is 10.7 Å². The van der Waals surface area contributed by atoms with E-state index in [0.717, 1.165) is 41.2 Å². The minimum atomic E-state index is -0.0275. The number of amides is 1. The molecule has 5 heterocycles. The number of benzene rings is 2. The zero-order valence-corrected chi connectivity index (χ0v) is 21.3. The summed E-state index contributed by atoms with van der Waals surface area (Å²) in [5, 5.41) is 10.7. The maximum atomic E-state index is 11.9. The number of carbonyl (C=O) groups is 1. The molecule has 0 radical (unpaired) electrons. The molecule has 0 saturated carbocycles. The van der Waals surface area contributed by atoms with Crippen molar-refractivity contribution in [3.8, 4) is 11.3 Å². The van der Waals surface area contributed by atoms with Gasteiger partial charge in [0.2, 0.25) is 0 Å². The molecule has 188 valence electrons. The van der Waals surface area contributed by atoms with E-state index in [4.69, 9.17) is 0 Å². The summed E-state index contributed by atoms with van der Waals surface area (Å²) in [4.78, 5) is 26.3. The van der Waals surface area contributed by atoms with Crippen LogP contribution in [0, 0.1) is 0 Å². The third-order valence-electron chi connectivity index (χ3n) is 7.95. The van der Waals surface area contributed by atoms with Gasteiger partial charge in [0, 0.05) is 59.8 Å². The second kappa shape index (κ2) is 8.01. The number of anilines is 3. The molecule has 2 fully saturated rings. The van der Waals surface area contributed by atoms with Gasteiger partial charge in [0.25, 0.3) is 5.91 Å². The molecule has 3 aliphatic heterocycles. The van der Waals surface area contributed by atoms with Crippen LogP contribution in [0.2, 0.25) is 0 Å². The van der Waals surface area contributed by atoms with E-state index >= 15 is 0 Å². The van der Waals surface area contributed by atoms with Crippen LogP contribution in [-0.4, -0.2) is 61.1 Å². The summed E-state index contributed by atoms with van der Waals surface area (Å²) in [6.45, 7) is 9.71. The number of likely N-dealkylation sites (tertiary alicyclic amines) is 1. The standard InChI is InChI=1S/C28H30N8O/c1-28(2,3)35-15-21-11-22(35)14-34(21)20-7-5-19(6-8-20)33-25-26-31-16-32-36(26)24(13-29-25)17-4-9-23-18(10-17)12-30-27(23)37/h4-10,13,16,21-22H,11-12,14-15H2,1-3H3,(H,29,33)(H,30,37)/t21-,22-/m0/s1. The Hall–Kier alpha value is -3.98. The zero-order chi connectivity index (χ0) is 25.3. The number of hydrogen-bond donors (Lipinski definition) is 2. The Balaban J connectivity index is 1.11. The summed E-state index contributed by atoms with van der Waals surface area (Å²) < 4.78 is 1.79. The second-order valence-electron chi connectivity index (χ2n) is 11.2. The fourth-order valence-corrected chi connectivity index (χ4v) is 6.17. The van der Waals surface area contributed by atoms with Gasteiger partial charge in [-0.05, 0) is 69.2 Å². The monoisotopic (exact) mass is 494 g/mol. The lowest BCUT2D eigenvalue weighted by Gasteiger charge is -2.42. The fraction of sp³-hybridized carbons (Fsp3) is 0.357. The van der Waals surface area contributed by atoms with Crippen LogP contribution >= 0.6 is 0 Å². The van der Waals surface area contributed by atoms with Gasteiger partial charge >= 0.3 is 0 Å². The van der Waals surface area contributed by atoms with E-state index in [1.807, 2.05) is 18.2 Å². The number of rotatable bonds is 4. The summed E-state index contributed by atoms with van der Waals surface area (Å²) in [6, 6.07) is 15.6. The number of carbonyl (C=O) groups excluding carboxylic acids is 1. The molecule has 2 saturated heterocycles. The van der Waals surface area contributed by atoms with Crippen LogP contribution in [0.1, 0.15) is 43.1 Å². The first kappa shape index (κ1) is 22.2. The highest BCUT2D eigenvalue weighted by atomic mass is 16.1. The summed E-state index contributed by atoms with van der Waals surface area (Å²) >= 11 is 0. The lowest BCUT2D eigenvalue weighted by molar-refractivity contribution is 0.0965. The maximum absolute atomic E-state index is 11.9. The number of nitrogens with one attached hydrogen (secondary N) is 2. The molecule has 0 unspecified atom stereocenters. The lowest BCUT2D eigenvalue weighted by atomic mass is 10.0. The molecule has 4 aromatic rings. The van der Waals surface area contributed by atoms with E-state index in [-0.39, 0.29) is 11.4 Å². The van der Waals surface area contributed by atoms with Crippen molar-refractivity contribution in [2.75, 3.05) is 23.3 Å². The van der Waals surface area contributed by atoms with Crippen molar-refractivity contribution in [2.24, 2.45) is 0 Å². The highest BCUT2D eigenvalue weighted by molar-refractivity contribution is 5.98. The number of piperazine rings is 1. The molecule has 9 heteroatoms. The van der Waals surface area contributed by atoms with Crippen LogP contribution in [0.5, 0.6) is 0 Å². The number of hydrogen-bond acceptors (Lipinski definition) is 7. The van der Waals surface area contributed by atoms with E-state index in [9.17, 15) is 4.79 Å². The predicted molar refractivity (Wildman–Crippen MR) is 143 cm³/mol. The first-order chi connectivity index (χ1) is 17.8. The smallest absolute Gasteiger partial charge is 0.251 e. The minimum Gasteiger partial charge on any atom is -0.366 e. The predicted octanol–water partition coefficient (Wildman–Crippen LogP) is 3.84. The normalized spacial score (nSPS) is 21.1. The SMILES string of the molecule is CC(C)(C)N1C[C@@H]2C[C@H]1CN2c1ccc(Nc2ncc(-c3ccc4c(c3)CNC4=O)n3ncnc23)cc1. The van der Waals surface area contributed by atoms with Gasteiger partial charge < -0.3 is 15.5 Å². The van der Waals surface area contributed by atoms with Gasteiger partial charge in [-0.25, -0.2) is 14.5 Å².